The Kier molecular flexibility index (Phi) is 4.32. The molecule has 6 heteroatoms. The molecule has 0 fully saturated rings. The number of rotatable bonds is 4. The van der Waals surface area contributed by atoms with Gasteiger partial charge in [-0.3, -0.25) is 0 Å². The number of carbonyl (C=O) groups is 1. The molecule has 1 aromatic carbocycles. The van der Waals surface area contributed by atoms with Crippen LogP contribution in [-0.2, 0) is 0 Å². The van der Waals surface area contributed by atoms with Crippen molar-refractivity contribution in [2.75, 3.05) is 7.11 Å². The summed E-state index contributed by atoms with van der Waals surface area (Å²) in [5.41, 5.74) is 1.63. The van der Waals surface area contributed by atoms with Crippen molar-refractivity contribution in [3.05, 3.63) is 52.6 Å². The van der Waals surface area contributed by atoms with E-state index >= 15 is 0 Å². The van der Waals surface area contributed by atoms with Crippen molar-refractivity contribution in [1.82, 2.24) is 9.97 Å². The van der Waals surface area contributed by atoms with Gasteiger partial charge in [0.15, 0.2) is 0 Å². The summed E-state index contributed by atoms with van der Waals surface area (Å²) >= 11 is 5.60. The predicted molar refractivity (Wildman–Crippen MR) is 75.9 cm³/mol. The lowest BCUT2D eigenvalue weighted by Gasteiger charge is -2.03. The van der Waals surface area contributed by atoms with Crippen LogP contribution in [0.25, 0.3) is 12.2 Å². The first kappa shape index (κ1) is 14.0. The van der Waals surface area contributed by atoms with Gasteiger partial charge in [-0.15, -0.1) is 0 Å². The van der Waals surface area contributed by atoms with E-state index in [4.69, 9.17) is 21.4 Å². The van der Waals surface area contributed by atoms with Gasteiger partial charge in [-0.2, -0.15) is 0 Å². The number of methoxy groups -OCH3 is 1. The van der Waals surface area contributed by atoms with Crippen molar-refractivity contribution in [3.8, 4) is 5.75 Å². The highest BCUT2D eigenvalue weighted by Gasteiger charge is 2.06. The molecule has 0 saturated heterocycles. The van der Waals surface area contributed by atoms with Gasteiger partial charge in [-0.25, -0.2) is 14.8 Å². The van der Waals surface area contributed by atoms with E-state index in [1.165, 1.54) is 13.2 Å². The minimum absolute atomic E-state index is 0.163. The van der Waals surface area contributed by atoms with Crippen LogP contribution in [0.4, 0.5) is 0 Å². The minimum atomic E-state index is -1.01. The number of carboxylic acids is 1. The molecule has 2 rings (SSSR count). The third kappa shape index (κ3) is 3.55. The van der Waals surface area contributed by atoms with Crippen LogP contribution in [0.2, 0.25) is 5.28 Å². The molecule has 2 aromatic rings. The Balaban J connectivity index is 2.30. The quantitative estimate of drug-likeness (QED) is 0.876. The summed E-state index contributed by atoms with van der Waals surface area (Å²) in [7, 11) is 1.49. The number of benzene rings is 1. The Morgan fingerprint density at radius 1 is 1.20 bits per heavy atom. The molecule has 5 nitrogen and oxygen atoms in total. The molecule has 0 spiro atoms. The zero-order valence-corrected chi connectivity index (χ0v) is 11.3. The Bertz CT molecular complexity index is 654. The van der Waals surface area contributed by atoms with Crippen molar-refractivity contribution >= 4 is 29.7 Å². The van der Waals surface area contributed by atoms with E-state index in [0.717, 1.165) is 5.56 Å². The second kappa shape index (κ2) is 6.16. The Hall–Kier alpha value is -2.40. The maximum Gasteiger partial charge on any atom is 0.335 e. The molecule has 0 aliphatic heterocycles. The zero-order valence-electron chi connectivity index (χ0n) is 10.6. The van der Waals surface area contributed by atoms with E-state index in [-0.39, 0.29) is 10.8 Å². The fraction of sp³-hybridized carbons (Fsp3) is 0.0714. The van der Waals surface area contributed by atoms with Gasteiger partial charge in [0.05, 0.1) is 12.7 Å². The highest BCUT2D eigenvalue weighted by molar-refractivity contribution is 6.28. The summed E-state index contributed by atoms with van der Waals surface area (Å²) in [4.78, 5) is 18.7. The van der Waals surface area contributed by atoms with Gasteiger partial charge in [-0.05, 0) is 35.4 Å². The number of carboxylic acid groups (broad SMARTS) is 1. The van der Waals surface area contributed by atoms with Gasteiger partial charge in [-0.1, -0.05) is 12.2 Å². The van der Waals surface area contributed by atoms with Crippen molar-refractivity contribution in [3.63, 3.8) is 0 Å². The topological polar surface area (TPSA) is 72.3 Å². The van der Waals surface area contributed by atoms with E-state index in [0.29, 0.717) is 11.3 Å². The van der Waals surface area contributed by atoms with E-state index in [1.807, 2.05) is 0 Å². The van der Waals surface area contributed by atoms with Gasteiger partial charge in [0, 0.05) is 18.0 Å². The van der Waals surface area contributed by atoms with E-state index in [9.17, 15) is 4.79 Å². The second-order valence-electron chi connectivity index (χ2n) is 3.92. The summed E-state index contributed by atoms with van der Waals surface area (Å²) < 4.78 is 5.07. The predicted octanol–water partition coefficient (Wildman–Crippen LogP) is 3.01. The van der Waals surface area contributed by atoms with Crippen molar-refractivity contribution < 1.29 is 14.6 Å². The van der Waals surface area contributed by atoms with Crippen LogP contribution in [0, 0.1) is 0 Å². The number of hydrogen-bond donors (Lipinski definition) is 1. The number of aromatic carboxylic acids is 1. The number of aromatic nitrogens is 2. The first-order chi connectivity index (χ1) is 9.58. The number of ether oxygens (including phenoxy) is 1. The van der Waals surface area contributed by atoms with Crippen LogP contribution in [-0.4, -0.2) is 28.2 Å². The fourth-order valence-corrected chi connectivity index (χ4v) is 1.66. The lowest BCUT2D eigenvalue weighted by atomic mass is 10.1. The fourth-order valence-electron chi connectivity index (χ4n) is 1.56. The summed E-state index contributed by atoms with van der Waals surface area (Å²) in [6.07, 6.45) is 6.66. The molecule has 1 N–H and O–H groups in total. The second-order valence-corrected chi connectivity index (χ2v) is 4.26. The van der Waals surface area contributed by atoms with Gasteiger partial charge in [0.1, 0.15) is 5.75 Å². The molecule has 0 radical (unpaired) electrons. The van der Waals surface area contributed by atoms with Crippen molar-refractivity contribution in [2.24, 2.45) is 0 Å². The van der Waals surface area contributed by atoms with Gasteiger partial charge in [0.2, 0.25) is 5.28 Å². The molecule has 0 aliphatic carbocycles. The molecule has 0 amide bonds. The highest BCUT2D eigenvalue weighted by atomic mass is 35.5. The molecule has 1 aromatic heterocycles. The number of halogens is 1. The Morgan fingerprint density at radius 3 is 2.45 bits per heavy atom. The van der Waals surface area contributed by atoms with E-state index in [2.05, 4.69) is 9.97 Å². The summed E-state index contributed by atoms with van der Waals surface area (Å²) in [6.45, 7) is 0. The summed E-state index contributed by atoms with van der Waals surface area (Å²) in [5.74, 6) is -0.523. The molecule has 0 saturated carbocycles. The Labute approximate surface area is 120 Å². The first-order valence-corrected chi connectivity index (χ1v) is 6.04. The van der Waals surface area contributed by atoms with Gasteiger partial charge in [0.25, 0.3) is 0 Å². The van der Waals surface area contributed by atoms with E-state index in [1.54, 1.807) is 36.7 Å². The molecule has 102 valence electrons. The van der Waals surface area contributed by atoms with Crippen LogP contribution in [0.1, 0.15) is 21.5 Å². The van der Waals surface area contributed by atoms with Gasteiger partial charge < -0.3 is 9.84 Å². The molecule has 0 aliphatic rings. The SMILES string of the molecule is COc1cc(C=Cc2cnc(Cl)nc2)cc(C(=O)O)c1. The Morgan fingerprint density at radius 2 is 1.85 bits per heavy atom. The molecule has 0 atom stereocenters. The molecule has 0 unspecified atom stereocenters. The lowest BCUT2D eigenvalue weighted by Crippen LogP contribution is -1.97. The monoisotopic (exact) mass is 290 g/mol. The van der Waals surface area contributed by atoms with Gasteiger partial charge >= 0.3 is 5.97 Å². The van der Waals surface area contributed by atoms with Crippen LogP contribution >= 0.6 is 11.6 Å². The molecular formula is C14H11ClN2O3. The molecule has 20 heavy (non-hydrogen) atoms. The average molecular weight is 291 g/mol. The van der Waals surface area contributed by atoms with E-state index < -0.39 is 5.97 Å². The molecule has 1 heterocycles. The maximum absolute atomic E-state index is 11.0. The first-order valence-electron chi connectivity index (χ1n) is 5.66. The summed E-state index contributed by atoms with van der Waals surface area (Å²) in [5, 5.41) is 9.21. The number of nitrogens with zero attached hydrogens (tertiary/aromatic N) is 2. The zero-order chi connectivity index (χ0) is 14.5. The third-order valence-electron chi connectivity index (χ3n) is 2.52. The number of hydrogen-bond acceptors (Lipinski definition) is 4. The van der Waals surface area contributed by atoms with Crippen LogP contribution in [0.15, 0.2) is 30.6 Å². The smallest absolute Gasteiger partial charge is 0.335 e. The third-order valence-corrected chi connectivity index (χ3v) is 2.72. The average Bonchev–Trinajstić information content (AvgIpc) is 2.46. The normalized spacial score (nSPS) is 10.7. The van der Waals surface area contributed by atoms with Crippen LogP contribution in [0.3, 0.4) is 0 Å². The molecule has 0 bridgehead atoms. The van der Waals surface area contributed by atoms with Crippen LogP contribution in [0.5, 0.6) is 5.75 Å². The largest absolute Gasteiger partial charge is 0.497 e. The van der Waals surface area contributed by atoms with Crippen molar-refractivity contribution in [2.45, 2.75) is 0 Å². The van der Waals surface area contributed by atoms with Crippen LogP contribution < -0.4 is 4.74 Å². The highest BCUT2D eigenvalue weighted by Crippen LogP contribution is 2.19. The minimum Gasteiger partial charge on any atom is -0.497 e. The molecular weight excluding hydrogens is 280 g/mol. The lowest BCUT2D eigenvalue weighted by molar-refractivity contribution is 0.0696. The maximum atomic E-state index is 11.0. The summed E-state index contributed by atoms with van der Waals surface area (Å²) in [6, 6.07) is 4.75. The van der Waals surface area contributed by atoms with Crippen molar-refractivity contribution in [1.29, 1.82) is 0 Å². The standard InChI is InChI=1S/C14H11ClN2O3/c1-20-12-5-9(4-11(6-12)13(18)19)2-3-10-7-16-14(15)17-8-10/h2-8H,1H3,(H,18,19).